The molecular weight excluding hydrogens is 252 g/mol. The van der Waals surface area contributed by atoms with Crippen molar-refractivity contribution >= 4 is 17.3 Å². The Bertz CT molecular complexity index is 391. The lowest BCUT2D eigenvalue weighted by Crippen LogP contribution is -2.16. The monoisotopic (exact) mass is 272 g/mol. The second-order valence-corrected chi connectivity index (χ2v) is 5.30. The van der Waals surface area contributed by atoms with Gasteiger partial charge in [0, 0.05) is 6.54 Å². The van der Waals surface area contributed by atoms with Gasteiger partial charge >= 0.3 is 5.97 Å². The fourth-order valence-electron chi connectivity index (χ4n) is 1.38. The number of aryl methyl sites for hydroxylation is 1. The third-order valence-corrected chi connectivity index (χ3v) is 3.08. The summed E-state index contributed by atoms with van der Waals surface area (Å²) < 4.78 is 10.5. The van der Waals surface area contributed by atoms with Crippen molar-refractivity contribution in [3.05, 3.63) is 9.88 Å². The lowest BCUT2D eigenvalue weighted by atomic mass is 10.4. The first-order valence-electron chi connectivity index (χ1n) is 5.96. The summed E-state index contributed by atoms with van der Waals surface area (Å²) in [6.07, 6.45) is 0.895. The molecule has 0 saturated carbocycles. The van der Waals surface area contributed by atoms with Crippen LogP contribution in [0.25, 0.3) is 0 Å². The van der Waals surface area contributed by atoms with E-state index in [0.29, 0.717) is 24.0 Å². The van der Waals surface area contributed by atoms with Crippen molar-refractivity contribution in [2.24, 2.45) is 0 Å². The van der Waals surface area contributed by atoms with Crippen molar-refractivity contribution in [3.8, 4) is 5.88 Å². The second-order valence-electron chi connectivity index (χ2n) is 4.09. The molecule has 1 aromatic rings. The number of rotatable bonds is 7. The summed E-state index contributed by atoms with van der Waals surface area (Å²) in [7, 11) is 4.02. The molecule has 102 valence electrons. The summed E-state index contributed by atoms with van der Waals surface area (Å²) in [5.74, 6) is 0.0421. The molecule has 6 heteroatoms. The Kier molecular flexibility index (Phi) is 6.07. The van der Waals surface area contributed by atoms with E-state index in [-0.39, 0.29) is 5.97 Å². The molecule has 0 aliphatic heterocycles. The molecule has 0 bridgehead atoms. The molecule has 0 aromatic carbocycles. The summed E-state index contributed by atoms with van der Waals surface area (Å²) in [4.78, 5) is 18.4. The van der Waals surface area contributed by atoms with Gasteiger partial charge in [0.15, 0.2) is 4.88 Å². The molecular formula is C12H20N2O3S. The third kappa shape index (κ3) is 4.62. The van der Waals surface area contributed by atoms with Crippen molar-refractivity contribution in [1.82, 2.24) is 9.88 Å². The zero-order valence-electron chi connectivity index (χ0n) is 11.4. The number of thiazole rings is 1. The Morgan fingerprint density at radius 3 is 2.78 bits per heavy atom. The van der Waals surface area contributed by atoms with Gasteiger partial charge in [-0.2, -0.15) is 0 Å². The lowest BCUT2D eigenvalue weighted by Gasteiger charge is -2.09. The fourth-order valence-corrected chi connectivity index (χ4v) is 2.14. The highest BCUT2D eigenvalue weighted by Crippen LogP contribution is 2.25. The van der Waals surface area contributed by atoms with Crippen LogP contribution in [0.15, 0.2) is 0 Å². The average Bonchev–Trinajstić information content (AvgIpc) is 2.66. The molecule has 0 radical (unpaired) electrons. The van der Waals surface area contributed by atoms with Gasteiger partial charge < -0.3 is 14.4 Å². The van der Waals surface area contributed by atoms with Gasteiger partial charge in [0.1, 0.15) is 0 Å². The second kappa shape index (κ2) is 7.33. The highest BCUT2D eigenvalue weighted by Gasteiger charge is 2.19. The summed E-state index contributed by atoms with van der Waals surface area (Å²) >= 11 is 1.31. The van der Waals surface area contributed by atoms with E-state index in [4.69, 9.17) is 9.47 Å². The number of hydrogen-bond donors (Lipinski definition) is 0. The van der Waals surface area contributed by atoms with Crippen LogP contribution in [-0.4, -0.2) is 49.7 Å². The molecule has 0 saturated heterocycles. The number of hydrogen-bond acceptors (Lipinski definition) is 6. The number of nitrogens with zero attached hydrogens (tertiary/aromatic N) is 2. The van der Waals surface area contributed by atoms with Crippen LogP contribution in [0.4, 0.5) is 0 Å². The van der Waals surface area contributed by atoms with E-state index in [2.05, 4.69) is 9.88 Å². The minimum Gasteiger partial charge on any atom is -0.476 e. The molecule has 0 amide bonds. The zero-order valence-corrected chi connectivity index (χ0v) is 12.2. The van der Waals surface area contributed by atoms with Crippen molar-refractivity contribution in [2.45, 2.75) is 20.3 Å². The minimum atomic E-state index is -0.356. The van der Waals surface area contributed by atoms with Crippen LogP contribution in [0.3, 0.4) is 0 Å². The topological polar surface area (TPSA) is 51.7 Å². The molecule has 0 N–H and O–H groups in total. The number of carbonyl (C=O) groups is 1. The maximum absolute atomic E-state index is 11.7. The summed E-state index contributed by atoms with van der Waals surface area (Å²) in [6.45, 7) is 5.48. The van der Waals surface area contributed by atoms with Crippen molar-refractivity contribution in [3.63, 3.8) is 0 Å². The summed E-state index contributed by atoms with van der Waals surface area (Å²) in [5.41, 5.74) is 0. The molecule has 1 heterocycles. The van der Waals surface area contributed by atoms with E-state index >= 15 is 0 Å². The van der Waals surface area contributed by atoms with Crippen molar-refractivity contribution in [2.75, 3.05) is 33.9 Å². The van der Waals surface area contributed by atoms with Gasteiger partial charge in [-0.05, 0) is 34.4 Å². The van der Waals surface area contributed by atoms with Crippen LogP contribution in [0.5, 0.6) is 5.88 Å². The molecule has 5 nitrogen and oxygen atoms in total. The predicted molar refractivity (Wildman–Crippen MR) is 71.5 cm³/mol. The number of aromatic nitrogens is 1. The molecule has 0 unspecified atom stereocenters. The normalized spacial score (nSPS) is 10.7. The van der Waals surface area contributed by atoms with Crippen molar-refractivity contribution in [1.29, 1.82) is 0 Å². The van der Waals surface area contributed by atoms with E-state index in [0.717, 1.165) is 18.0 Å². The average molecular weight is 272 g/mol. The van der Waals surface area contributed by atoms with Crippen LogP contribution < -0.4 is 4.74 Å². The highest BCUT2D eigenvalue weighted by atomic mass is 32.1. The Labute approximate surface area is 112 Å². The van der Waals surface area contributed by atoms with Gasteiger partial charge in [-0.25, -0.2) is 9.78 Å². The van der Waals surface area contributed by atoms with Crippen LogP contribution in [0.1, 0.15) is 28.0 Å². The smallest absolute Gasteiger partial charge is 0.353 e. The maximum Gasteiger partial charge on any atom is 0.353 e. The molecule has 18 heavy (non-hydrogen) atoms. The first-order chi connectivity index (χ1) is 8.54. The number of ether oxygens (including phenoxy) is 2. The number of esters is 1. The van der Waals surface area contributed by atoms with Gasteiger partial charge in [0.2, 0.25) is 5.88 Å². The molecule has 0 spiro atoms. The van der Waals surface area contributed by atoms with E-state index in [1.807, 2.05) is 21.0 Å². The molecule has 0 aliphatic carbocycles. The fraction of sp³-hybridized carbons (Fsp3) is 0.667. The summed E-state index contributed by atoms with van der Waals surface area (Å²) in [6, 6.07) is 0. The molecule has 0 atom stereocenters. The Morgan fingerprint density at radius 1 is 1.44 bits per heavy atom. The van der Waals surface area contributed by atoms with Crippen LogP contribution in [-0.2, 0) is 4.74 Å². The van der Waals surface area contributed by atoms with Gasteiger partial charge in [-0.15, -0.1) is 11.3 Å². The van der Waals surface area contributed by atoms with Crippen LogP contribution >= 0.6 is 11.3 Å². The maximum atomic E-state index is 11.7. The standard InChI is InChI=1S/C12H20N2O3S/c1-5-16-12(15)10-11(13-9(2)18-10)17-8-6-7-14(3)4/h5-8H2,1-4H3. The van der Waals surface area contributed by atoms with Gasteiger partial charge in [0.25, 0.3) is 0 Å². The van der Waals surface area contributed by atoms with Crippen LogP contribution in [0, 0.1) is 6.92 Å². The van der Waals surface area contributed by atoms with Gasteiger partial charge in [0.05, 0.1) is 18.2 Å². The van der Waals surface area contributed by atoms with E-state index in [1.165, 1.54) is 11.3 Å². The molecule has 0 fully saturated rings. The Morgan fingerprint density at radius 2 is 2.17 bits per heavy atom. The van der Waals surface area contributed by atoms with Gasteiger partial charge in [-0.1, -0.05) is 0 Å². The SMILES string of the molecule is CCOC(=O)c1sc(C)nc1OCCCN(C)C. The minimum absolute atomic E-state index is 0.356. The molecule has 1 rings (SSSR count). The Hall–Kier alpha value is -1.14. The lowest BCUT2D eigenvalue weighted by molar-refractivity contribution is 0.0527. The van der Waals surface area contributed by atoms with E-state index < -0.39 is 0 Å². The largest absolute Gasteiger partial charge is 0.476 e. The first kappa shape index (κ1) is 14.9. The molecule has 0 aliphatic rings. The van der Waals surface area contributed by atoms with E-state index in [1.54, 1.807) is 6.92 Å². The van der Waals surface area contributed by atoms with E-state index in [9.17, 15) is 4.79 Å². The van der Waals surface area contributed by atoms with Gasteiger partial charge in [-0.3, -0.25) is 0 Å². The first-order valence-corrected chi connectivity index (χ1v) is 6.78. The third-order valence-electron chi connectivity index (χ3n) is 2.15. The number of carbonyl (C=O) groups excluding carboxylic acids is 1. The quantitative estimate of drug-likeness (QED) is 0.561. The highest BCUT2D eigenvalue weighted by molar-refractivity contribution is 7.13. The molecule has 1 aromatic heterocycles. The summed E-state index contributed by atoms with van der Waals surface area (Å²) in [5, 5.41) is 0.806. The van der Waals surface area contributed by atoms with Crippen molar-refractivity contribution < 1.29 is 14.3 Å². The van der Waals surface area contributed by atoms with Crippen LogP contribution in [0.2, 0.25) is 0 Å². The Balaban J connectivity index is 2.56. The zero-order chi connectivity index (χ0) is 13.5. The predicted octanol–water partition coefficient (Wildman–Crippen LogP) is 1.96.